The molecule has 5 aliphatic rings. The fourth-order valence-electron chi connectivity index (χ4n) is 11.4. The average Bonchev–Trinajstić information content (AvgIpc) is 1.62. The standard InChI is InChI=1S/C29H22N6O5.C15H13N3O4.C13H12BrN3.C13H10BrNO.C6H6BrN.C6H5NO2/c1-40-22-9-6-20-16-34(26(37)23(20)13-22)17-29(27(38)32-28(39)33-29)11-10-18-4-7-21(8-5-18)35-24(36)15-31-25(35)19-3-2-12-30-14-19;1-3-15(13(20)16-14(21)17-15)8-18-7-9-4-5-10(22-2)6-11(9)12(18)19;14-12-5-3-10(4-6-12)8-13(17-15)11-2-1-7-16-9-11;14-12-5-3-10(4-6-12)8-13(16)11-2-1-7-15-9-11;7-5-1-3-6(8)4-2-5;8-6(9)5-2-1-3-7-4-5/h2-9,12-14H,15-17H2,1H3,(H2,32,33,38,39);1,4-6H,7-8H2,2H3,(H2,16,17,20,21);1-7,9H,8,15H2;1-7,9H,8H2;1-4H,8H2;1-4H,(H,8,9)/b;;17-13-;;;/t29-;15-;;;;/m11..../s1. The minimum atomic E-state index is -1.64. The molecule has 27 nitrogen and oxygen atoms in total. The second kappa shape index (κ2) is 38.0. The van der Waals surface area contributed by atoms with E-state index in [9.17, 15) is 43.2 Å². The highest BCUT2D eigenvalue weighted by atomic mass is 79.9. The minimum absolute atomic E-state index is 0.0367. The van der Waals surface area contributed by atoms with E-state index in [1.807, 2.05) is 91.0 Å². The van der Waals surface area contributed by atoms with Gasteiger partial charge in [-0.1, -0.05) is 102 Å². The average molecular weight is 1700 g/mol. The highest BCUT2D eigenvalue weighted by Gasteiger charge is 2.50. The molecule has 4 aromatic heterocycles. The predicted molar refractivity (Wildman–Crippen MR) is 429 cm³/mol. The van der Waals surface area contributed by atoms with Crippen LogP contribution in [0, 0.1) is 24.2 Å². The van der Waals surface area contributed by atoms with Gasteiger partial charge in [-0.15, -0.1) is 6.42 Å². The largest absolute Gasteiger partial charge is 0.497 e. The van der Waals surface area contributed by atoms with Crippen molar-refractivity contribution in [3.63, 3.8) is 0 Å². The normalized spacial score (nSPS) is 16.0. The molecule has 0 bridgehead atoms. The number of halogens is 3. The van der Waals surface area contributed by atoms with Crippen LogP contribution in [0.2, 0.25) is 0 Å². The number of imide groups is 2. The Labute approximate surface area is 667 Å². The number of hydrogen-bond acceptors (Lipinski definition) is 19. The van der Waals surface area contributed by atoms with Crippen LogP contribution in [-0.2, 0) is 40.3 Å². The number of carboxylic acid groups (broad SMARTS) is 1. The summed E-state index contributed by atoms with van der Waals surface area (Å²) >= 11 is 10.1. The van der Waals surface area contributed by atoms with Crippen molar-refractivity contribution in [2.45, 2.75) is 37.0 Å². The summed E-state index contributed by atoms with van der Waals surface area (Å²) in [6.07, 6.45) is 19.4. The van der Waals surface area contributed by atoms with Gasteiger partial charge in [0.1, 0.15) is 23.9 Å². The minimum Gasteiger partial charge on any atom is -0.497 e. The maximum absolute atomic E-state index is 13.1. The van der Waals surface area contributed by atoms with Crippen LogP contribution in [0.1, 0.15) is 80.4 Å². The van der Waals surface area contributed by atoms with E-state index in [2.05, 4.69) is 117 Å². The van der Waals surface area contributed by atoms with E-state index in [1.165, 1.54) is 52.9 Å². The van der Waals surface area contributed by atoms with Crippen molar-refractivity contribution in [3.8, 4) is 35.7 Å². The second-order valence-electron chi connectivity index (χ2n) is 24.7. The number of hydrogen-bond donors (Lipinski definition) is 7. The van der Waals surface area contributed by atoms with E-state index in [0.29, 0.717) is 64.7 Å². The summed E-state index contributed by atoms with van der Waals surface area (Å²) in [5.74, 6) is 12.4. The molecule has 6 aromatic carbocycles. The van der Waals surface area contributed by atoms with Crippen molar-refractivity contribution in [1.29, 1.82) is 0 Å². The number of aliphatic imine (C=N–C) groups is 1. The van der Waals surface area contributed by atoms with Gasteiger partial charge in [0.2, 0.25) is 5.54 Å². The highest BCUT2D eigenvalue weighted by Crippen LogP contribution is 2.31. The molecule has 9 heterocycles. The molecule has 5 aliphatic heterocycles. The monoisotopic (exact) mass is 1690 g/mol. The molecule has 2 atom stereocenters. The zero-order chi connectivity index (χ0) is 79.9. The van der Waals surface area contributed by atoms with Crippen LogP contribution in [0.3, 0.4) is 0 Å². The van der Waals surface area contributed by atoms with Crippen LogP contribution in [-0.4, -0.2) is 145 Å². The lowest BCUT2D eigenvalue weighted by Crippen LogP contribution is -2.54. The van der Waals surface area contributed by atoms with Crippen molar-refractivity contribution in [3.05, 3.63) is 306 Å². The molecule has 0 spiro atoms. The quantitative estimate of drug-likeness (QED) is 0.00954. The Morgan fingerprint density at radius 3 is 1.47 bits per heavy atom. The van der Waals surface area contributed by atoms with Gasteiger partial charge in [0.05, 0.1) is 44.3 Å². The maximum atomic E-state index is 13.1. The number of anilines is 2. The van der Waals surface area contributed by atoms with Gasteiger partial charge in [-0.3, -0.25) is 69.2 Å². The zero-order valence-corrected chi connectivity index (χ0v) is 64.5. The molecule has 15 rings (SSSR count). The molecule has 0 saturated carbocycles. The molecule has 2 saturated heterocycles. The molecular formula is C82H68Br3N15O12. The molecule has 564 valence electrons. The summed E-state index contributed by atoms with van der Waals surface area (Å²) in [5.41, 5.74) is 12.4. The number of methoxy groups -OCH3 is 2. The Balaban J connectivity index is 0.000000156. The number of fused-ring (bicyclic) bond motifs is 2. The first-order chi connectivity index (χ1) is 54.0. The number of ketones is 1. The van der Waals surface area contributed by atoms with Gasteiger partial charge in [-0.2, -0.15) is 5.10 Å². The lowest BCUT2D eigenvalue weighted by atomic mass is 9.99. The number of nitrogens with one attached hydrogen (secondary N) is 4. The highest BCUT2D eigenvalue weighted by molar-refractivity contribution is 9.11. The Hall–Kier alpha value is -13.6. The first-order valence-corrected chi connectivity index (χ1v) is 36.2. The number of carbonyl (C=O) groups is 9. The maximum Gasteiger partial charge on any atom is 0.337 e. The molecule has 9 amide bonds. The number of benzene rings is 6. The Bertz CT molecular complexity index is 5290. The lowest BCUT2D eigenvalue weighted by molar-refractivity contribution is -0.123. The van der Waals surface area contributed by atoms with Crippen LogP contribution in [0.5, 0.6) is 11.5 Å². The molecule has 0 radical (unpaired) electrons. The van der Waals surface area contributed by atoms with Crippen molar-refractivity contribution < 1.29 is 57.7 Å². The third-order valence-electron chi connectivity index (χ3n) is 17.1. The van der Waals surface area contributed by atoms with E-state index < -0.39 is 40.9 Å². The fourth-order valence-corrected chi connectivity index (χ4v) is 12.2. The zero-order valence-electron chi connectivity index (χ0n) is 59.7. The third-order valence-corrected chi connectivity index (χ3v) is 18.7. The summed E-state index contributed by atoms with van der Waals surface area (Å²) in [7, 11) is 3.04. The summed E-state index contributed by atoms with van der Waals surface area (Å²) in [6, 6.07) is 53.4. The van der Waals surface area contributed by atoms with Crippen LogP contribution in [0.25, 0.3) is 0 Å². The van der Waals surface area contributed by atoms with Crippen LogP contribution in [0.4, 0.5) is 21.0 Å². The van der Waals surface area contributed by atoms with E-state index in [4.69, 9.17) is 32.6 Å². The van der Waals surface area contributed by atoms with Gasteiger partial charge in [0, 0.05) is 128 Å². The number of rotatable bonds is 15. The van der Waals surface area contributed by atoms with Crippen molar-refractivity contribution >= 4 is 124 Å². The summed E-state index contributed by atoms with van der Waals surface area (Å²) < 4.78 is 13.5. The first kappa shape index (κ1) is 81.0. The van der Waals surface area contributed by atoms with Crippen LogP contribution < -0.4 is 47.2 Å². The number of nitrogens with zero attached hydrogens (tertiary/aromatic N) is 9. The van der Waals surface area contributed by atoms with Crippen LogP contribution in [0.15, 0.2) is 255 Å². The number of carboxylic acids is 1. The van der Waals surface area contributed by atoms with Gasteiger partial charge in [-0.05, 0) is 168 Å². The summed E-state index contributed by atoms with van der Waals surface area (Å²) in [4.78, 5) is 133. The lowest BCUT2D eigenvalue weighted by Gasteiger charge is -2.26. The van der Waals surface area contributed by atoms with E-state index in [-0.39, 0.29) is 55.2 Å². The van der Waals surface area contributed by atoms with Gasteiger partial charge >= 0.3 is 18.0 Å². The number of amidine groups is 1. The number of amides is 9. The van der Waals surface area contributed by atoms with Crippen molar-refractivity contribution in [2.75, 3.05) is 44.5 Å². The number of nitrogens with two attached hydrogens (primary N) is 2. The number of aromatic nitrogens is 4. The number of carbonyl (C=O) groups excluding carboxylic acids is 8. The molecule has 112 heavy (non-hydrogen) atoms. The number of terminal acetylenes is 1. The molecule has 2 fully saturated rings. The number of urea groups is 2. The first-order valence-electron chi connectivity index (χ1n) is 33.8. The Kier molecular flexibility index (Phi) is 27.5. The number of aromatic carboxylic acids is 1. The van der Waals surface area contributed by atoms with Gasteiger partial charge < -0.3 is 46.6 Å². The summed E-state index contributed by atoms with van der Waals surface area (Å²) in [5, 5.41) is 21.5. The van der Waals surface area contributed by atoms with E-state index in [1.54, 1.807) is 122 Å². The third kappa shape index (κ3) is 21.0. The molecule has 0 aliphatic carbocycles. The number of pyridine rings is 4. The number of Topliss-reactive ketones (excluding diaryl/α,β-unsaturated/α-hetero) is 1. The number of nitrogen functional groups attached to an aromatic ring is 1. The predicted octanol–water partition coefficient (Wildman–Crippen LogP) is 10.2. The number of hydrazone groups is 1. The fraction of sp³-hybridized carbons (Fsp3) is 0.134. The van der Waals surface area contributed by atoms with Gasteiger partial charge in [-0.25, -0.2) is 14.4 Å². The molecule has 9 N–H and O–H groups in total. The SMILES string of the molecule is C#C[C@]1(CN2Cc3ccc(OC)cc3C2=O)NC(=O)NC1=O.COc1ccc2c(c1)C(=O)N(C[C@@]1(C#Cc3ccc(N4C(=O)CN=C4c4cccnc4)cc3)NC(=O)NC1=O)C2.N/N=C(/Cc1ccc(Br)cc1)c1cccnc1.Nc1ccc(Br)cc1.O=C(Cc1ccc(Br)cc1)c1cccnc1.O=C(O)c1cccnc1. The van der Waals surface area contributed by atoms with Gasteiger partial charge in [0.15, 0.2) is 11.3 Å². The van der Waals surface area contributed by atoms with Crippen molar-refractivity contribution in [1.82, 2.24) is 51.0 Å². The van der Waals surface area contributed by atoms with E-state index >= 15 is 0 Å². The van der Waals surface area contributed by atoms with Crippen molar-refractivity contribution in [2.24, 2.45) is 15.9 Å². The molecular weight excluding hydrogens is 1630 g/mol. The molecule has 30 heteroatoms. The Morgan fingerprint density at radius 2 is 1.04 bits per heavy atom. The number of ether oxygens (including phenoxy) is 2. The Morgan fingerprint density at radius 1 is 0.580 bits per heavy atom. The molecule has 0 unspecified atom stereocenters. The van der Waals surface area contributed by atoms with Gasteiger partial charge in [0.25, 0.3) is 29.5 Å². The topological polar surface area (TPSA) is 378 Å². The smallest absolute Gasteiger partial charge is 0.337 e. The molecule has 10 aromatic rings. The second-order valence-corrected chi connectivity index (χ2v) is 27.5. The summed E-state index contributed by atoms with van der Waals surface area (Å²) in [6.45, 7) is 0.402. The van der Waals surface area contributed by atoms with Crippen LogP contribution >= 0.6 is 47.8 Å². The van der Waals surface area contributed by atoms with E-state index in [0.717, 1.165) is 52.6 Å².